The van der Waals surface area contributed by atoms with Crippen LogP contribution in [0.15, 0.2) is 18.2 Å². The smallest absolute Gasteiger partial charge is 0.232 e. The first-order valence-corrected chi connectivity index (χ1v) is 8.58. The lowest BCUT2D eigenvalue weighted by Gasteiger charge is -2.18. The van der Waals surface area contributed by atoms with E-state index < -0.39 is 9.05 Å². The minimum atomic E-state index is -3.65. The zero-order valence-electron chi connectivity index (χ0n) is 10.2. The molecule has 1 aromatic carbocycles. The molecule has 2 rings (SSSR count). The molecule has 0 spiro atoms. The van der Waals surface area contributed by atoms with E-state index in [1.807, 2.05) is 6.07 Å². The van der Waals surface area contributed by atoms with Crippen LogP contribution in [0.2, 0.25) is 5.02 Å². The molecule has 0 saturated carbocycles. The average Bonchev–Trinajstić information content (AvgIpc) is 2.67. The molecule has 1 fully saturated rings. The molecule has 1 heterocycles. The molecule has 0 N–H and O–H groups in total. The molecule has 1 aromatic rings. The second-order valence-electron chi connectivity index (χ2n) is 4.55. The predicted octanol–water partition coefficient (Wildman–Crippen LogP) is 2.13. The number of amides is 1. The molecule has 1 atom stereocenters. The number of halogens is 2. The number of hydrogen-bond acceptors (Lipinski definition) is 4. The molecule has 5 nitrogen and oxygen atoms in total. The lowest BCUT2D eigenvalue weighted by molar-refractivity contribution is -0.117. The number of nitrogens with zero attached hydrogens (tertiary/aromatic N) is 2. The minimum Gasteiger partial charge on any atom is -0.311 e. The highest BCUT2D eigenvalue weighted by atomic mass is 35.7. The fourth-order valence-electron chi connectivity index (χ4n) is 2.24. The molecule has 1 unspecified atom stereocenters. The standard InChI is InChI=1S/C12H10Cl2N2O3S/c13-10-1-2-11(9(4-10)5-15)16-6-8(3-12(16)17)7-20(14,18)19/h1-2,4,8H,3,6-7H2. The molecule has 0 radical (unpaired) electrons. The summed E-state index contributed by atoms with van der Waals surface area (Å²) in [6.45, 7) is 0.223. The third kappa shape index (κ3) is 3.42. The van der Waals surface area contributed by atoms with Crippen molar-refractivity contribution in [2.45, 2.75) is 6.42 Å². The quantitative estimate of drug-likeness (QED) is 0.794. The van der Waals surface area contributed by atoms with Crippen LogP contribution in [0.4, 0.5) is 5.69 Å². The lowest BCUT2D eigenvalue weighted by atomic mass is 10.1. The van der Waals surface area contributed by atoms with Crippen LogP contribution in [0, 0.1) is 17.2 Å². The minimum absolute atomic E-state index is 0.0967. The summed E-state index contributed by atoms with van der Waals surface area (Å²) < 4.78 is 22.1. The van der Waals surface area contributed by atoms with E-state index in [2.05, 4.69) is 0 Å². The normalized spacial score (nSPS) is 19.1. The summed E-state index contributed by atoms with van der Waals surface area (Å²) in [7, 11) is 1.55. The highest BCUT2D eigenvalue weighted by Crippen LogP contribution is 2.30. The van der Waals surface area contributed by atoms with Gasteiger partial charge in [0, 0.05) is 34.6 Å². The van der Waals surface area contributed by atoms with Crippen LogP contribution in [-0.2, 0) is 13.8 Å². The van der Waals surface area contributed by atoms with E-state index in [1.165, 1.54) is 11.0 Å². The van der Waals surface area contributed by atoms with Crippen molar-refractivity contribution in [1.29, 1.82) is 5.26 Å². The van der Waals surface area contributed by atoms with Gasteiger partial charge in [0.05, 0.1) is 17.0 Å². The van der Waals surface area contributed by atoms with Crippen molar-refractivity contribution in [3.05, 3.63) is 28.8 Å². The summed E-state index contributed by atoms with van der Waals surface area (Å²) in [5, 5.41) is 9.48. The number of carbonyl (C=O) groups excluding carboxylic acids is 1. The Kier molecular flexibility index (Phi) is 4.23. The van der Waals surface area contributed by atoms with Gasteiger partial charge in [-0.05, 0) is 18.2 Å². The van der Waals surface area contributed by atoms with E-state index in [-0.39, 0.29) is 36.1 Å². The topological polar surface area (TPSA) is 78.2 Å². The number of rotatable bonds is 3. The maximum absolute atomic E-state index is 12.0. The highest BCUT2D eigenvalue weighted by molar-refractivity contribution is 8.13. The number of nitriles is 1. The van der Waals surface area contributed by atoms with Crippen molar-refractivity contribution in [3.8, 4) is 6.07 Å². The van der Waals surface area contributed by atoms with Crippen molar-refractivity contribution < 1.29 is 13.2 Å². The molecule has 106 valence electrons. The first-order chi connectivity index (χ1) is 9.30. The molecule has 1 aliphatic heterocycles. The van der Waals surface area contributed by atoms with Crippen LogP contribution < -0.4 is 4.90 Å². The molecule has 1 saturated heterocycles. The van der Waals surface area contributed by atoms with Gasteiger partial charge in [-0.1, -0.05) is 11.6 Å². The Morgan fingerprint density at radius 2 is 2.15 bits per heavy atom. The van der Waals surface area contributed by atoms with Crippen molar-refractivity contribution in [2.75, 3.05) is 17.2 Å². The van der Waals surface area contributed by atoms with E-state index >= 15 is 0 Å². The third-order valence-corrected chi connectivity index (χ3v) is 4.49. The van der Waals surface area contributed by atoms with Gasteiger partial charge in [0.25, 0.3) is 0 Å². The van der Waals surface area contributed by atoms with Crippen LogP contribution in [0.25, 0.3) is 0 Å². The molecular weight excluding hydrogens is 323 g/mol. The van der Waals surface area contributed by atoms with Gasteiger partial charge in [0.2, 0.25) is 15.0 Å². The summed E-state index contributed by atoms with van der Waals surface area (Å²) in [4.78, 5) is 13.4. The zero-order chi connectivity index (χ0) is 14.9. The zero-order valence-corrected chi connectivity index (χ0v) is 12.5. The Balaban J connectivity index is 2.27. The SMILES string of the molecule is N#Cc1cc(Cl)ccc1N1CC(CS(=O)(=O)Cl)CC1=O. The van der Waals surface area contributed by atoms with Crippen LogP contribution >= 0.6 is 22.3 Å². The molecule has 1 aliphatic rings. The summed E-state index contributed by atoms with van der Waals surface area (Å²) >= 11 is 5.80. The molecule has 0 aromatic heterocycles. The summed E-state index contributed by atoms with van der Waals surface area (Å²) in [6.07, 6.45) is 0.0967. The number of carbonyl (C=O) groups is 1. The lowest BCUT2D eigenvalue weighted by Crippen LogP contribution is -2.26. The molecule has 20 heavy (non-hydrogen) atoms. The largest absolute Gasteiger partial charge is 0.311 e. The average molecular weight is 333 g/mol. The molecule has 0 aliphatic carbocycles. The molecule has 8 heteroatoms. The van der Waals surface area contributed by atoms with Gasteiger partial charge in [-0.3, -0.25) is 4.79 Å². The van der Waals surface area contributed by atoms with Crippen molar-refractivity contribution in [3.63, 3.8) is 0 Å². The predicted molar refractivity (Wildman–Crippen MR) is 76.3 cm³/mol. The Labute approximate surface area is 126 Å². The van der Waals surface area contributed by atoms with Crippen molar-refractivity contribution in [1.82, 2.24) is 0 Å². The second kappa shape index (κ2) is 5.60. The van der Waals surface area contributed by atoms with Crippen LogP contribution in [0.5, 0.6) is 0 Å². The van der Waals surface area contributed by atoms with Crippen LogP contribution in [-0.4, -0.2) is 26.6 Å². The maximum Gasteiger partial charge on any atom is 0.232 e. The molecule has 1 amide bonds. The van der Waals surface area contributed by atoms with E-state index in [0.717, 1.165) is 0 Å². The first-order valence-electron chi connectivity index (χ1n) is 5.72. The fourth-order valence-corrected chi connectivity index (χ4v) is 3.73. The number of benzene rings is 1. The van der Waals surface area contributed by atoms with Gasteiger partial charge in [-0.25, -0.2) is 8.42 Å². The summed E-state index contributed by atoms with van der Waals surface area (Å²) in [5.41, 5.74) is 0.719. The van der Waals surface area contributed by atoms with E-state index in [4.69, 9.17) is 27.5 Å². The van der Waals surface area contributed by atoms with Gasteiger partial charge in [0.15, 0.2) is 0 Å². The van der Waals surface area contributed by atoms with Gasteiger partial charge >= 0.3 is 0 Å². The van der Waals surface area contributed by atoms with Gasteiger partial charge < -0.3 is 4.90 Å². The fraction of sp³-hybridized carbons (Fsp3) is 0.333. The highest BCUT2D eigenvalue weighted by Gasteiger charge is 2.34. The summed E-state index contributed by atoms with van der Waals surface area (Å²) in [5.74, 6) is -0.854. The number of anilines is 1. The van der Waals surface area contributed by atoms with Crippen LogP contribution in [0.3, 0.4) is 0 Å². The maximum atomic E-state index is 12.0. The van der Waals surface area contributed by atoms with E-state index in [1.54, 1.807) is 12.1 Å². The Morgan fingerprint density at radius 1 is 1.45 bits per heavy atom. The third-order valence-electron chi connectivity index (χ3n) is 3.01. The Hall–Kier alpha value is -1.29. The monoisotopic (exact) mass is 332 g/mol. The van der Waals surface area contributed by atoms with Gasteiger partial charge in [-0.2, -0.15) is 5.26 Å². The summed E-state index contributed by atoms with van der Waals surface area (Å²) in [6, 6.07) is 6.60. The van der Waals surface area contributed by atoms with Gasteiger partial charge in [0.1, 0.15) is 6.07 Å². The van der Waals surface area contributed by atoms with Crippen molar-refractivity contribution in [2.24, 2.45) is 5.92 Å². The Bertz CT molecular complexity index is 697. The molecule has 0 bridgehead atoms. The Morgan fingerprint density at radius 3 is 2.75 bits per heavy atom. The second-order valence-corrected chi connectivity index (χ2v) is 7.81. The first kappa shape index (κ1) is 15.1. The van der Waals surface area contributed by atoms with Crippen molar-refractivity contribution >= 4 is 42.9 Å². The van der Waals surface area contributed by atoms with E-state index in [0.29, 0.717) is 10.7 Å². The van der Waals surface area contributed by atoms with Gasteiger partial charge in [-0.15, -0.1) is 0 Å². The molecular formula is C12H10Cl2N2O3S. The number of hydrogen-bond donors (Lipinski definition) is 0. The van der Waals surface area contributed by atoms with E-state index in [9.17, 15) is 13.2 Å². The van der Waals surface area contributed by atoms with Crippen LogP contribution in [0.1, 0.15) is 12.0 Å².